The van der Waals surface area contributed by atoms with Crippen LogP contribution in [0.3, 0.4) is 0 Å². The monoisotopic (exact) mass is 336 g/mol. The zero-order valence-electron chi connectivity index (χ0n) is 13.7. The Morgan fingerprint density at radius 2 is 1.96 bits per heavy atom. The van der Waals surface area contributed by atoms with Gasteiger partial charge in [-0.1, -0.05) is 0 Å². The van der Waals surface area contributed by atoms with E-state index in [9.17, 15) is 14.7 Å². The van der Waals surface area contributed by atoms with Crippen LogP contribution in [0.15, 0.2) is 24.3 Å². The molecule has 1 aromatic rings. The Kier molecular flexibility index (Phi) is 6.16. The van der Waals surface area contributed by atoms with E-state index in [4.69, 9.17) is 15.6 Å². The third-order valence-electron chi connectivity index (χ3n) is 4.40. The minimum atomic E-state index is -1.00. The third-order valence-corrected chi connectivity index (χ3v) is 4.40. The minimum absolute atomic E-state index is 0.0898. The number of aliphatic hydroxyl groups is 1. The molecule has 0 unspecified atom stereocenters. The zero-order valence-corrected chi connectivity index (χ0v) is 13.7. The van der Waals surface area contributed by atoms with Crippen molar-refractivity contribution < 1.29 is 24.5 Å². The van der Waals surface area contributed by atoms with Crippen LogP contribution in [0.4, 0.5) is 0 Å². The fraction of sp³-hybridized carbons (Fsp3) is 0.529. The summed E-state index contributed by atoms with van der Waals surface area (Å²) in [6, 6.07) is 5.76. The third kappa shape index (κ3) is 4.24. The maximum Gasteiger partial charge on any atom is 0.335 e. The van der Waals surface area contributed by atoms with Crippen molar-refractivity contribution in [2.75, 3.05) is 13.6 Å². The normalized spacial score (nSPS) is 23.5. The van der Waals surface area contributed by atoms with E-state index in [1.807, 2.05) is 0 Å². The summed E-state index contributed by atoms with van der Waals surface area (Å²) in [5.74, 6) is -0.590. The first kappa shape index (κ1) is 18.2. The van der Waals surface area contributed by atoms with Crippen LogP contribution < -0.4 is 10.5 Å². The van der Waals surface area contributed by atoms with Gasteiger partial charge in [0.1, 0.15) is 18.0 Å². The predicted molar refractivity (Wildman–Crippen MR) is 87.9 cm³/mol. The number of aromatic carboxylic acids is 1. The Labute approximate surface area is 141 Å². The van der Waals surface area contributed by atoms with Crippen LogP contribution in [0.5, 0.6) is 5.75 Å². The van der Waals surface area contributed by atoms with Gasteiger partial charge in [0.25, 0.3) is 0 Å². The molecule has 0 spiro atoms. The maximum absolute atomic E-state index is 12.0. The Bertz CT molecular complexity index is 575. The van der Waals surface area contributed by atoms with Crippen LogP contribution >= 0.6 is 0 Å². The van der Waals surface area contributed by atoms with E-state index in [1.54, 1.807) is 24.1 Å². The quantitative estimate of drug-likeness (QED) is 0.710. The summed E-state index contributed by atoms with van der Waals surface area (Å²) < 4.78 is 5.82. The molecule has 1 fully saturated rings. The summed E-state index contributed by atoms with van der Waals surface area (Å²) in [6.07, 6.45) is 1.24. The highest BCUT2D eigenvalue weighted by molar-refractivity contribution is 5.87. The number of hydrogen-bond donors (Lipinski definition) is 3. The molecule has 7 heteroatoms. The number of amides is 1. The topological polar surface area (TPSA) is 113 Å². The van der Waals surface area contributed by atoms with Gasteiger partial charge in [0, 0.05) is 20.0 Å². The summed E-state index contributed by atoms with van der Waals surface area (Å²) in [5, 5.41) is 19.5. The molecule has 3 atom stereocenters. The molecule has 1 amide bonds. The number of ether oxygens (including phenoxy) is 1. The Morgan fingerprint density at radius 1 is 1.29 bits per heavy atom. The number of benzene rings is 1. The number of likely N-dealkylation sites (N-methyl/N-ethyl adjacent to an activating group) is 1. The van der Waals surface area contributed by atoms with Crippen molar-refractivity contribution in [3.63, 3.8) is 0 Å². The number of carbonyl (C=O) groups excluding carboxylic acids is 1. The molecular weight excluding hydrogens is 312 g/mol. The second-order valence-electron chi connectivity index (χ2n) is 6.02. The maximum atomic E-state index is 12.0. The van der Waals surface area contributed by atoms with Crippen molar-refractivity contribution in [1.82, 2.24) is 4.90 Å². The van der Waals surface area contributed by atoms with Gasteiger partial charge in [0.15, 0.2) is 0 Å². The number of nitrogens with two attached hydrogens (primary N) is 1. The molecule has 0 bridgehead atoms. The number of carboxylic acids is 1. The van der Waals surface area contributed by atoms with E-state index in [0.717, 1.165) is 6.42 Å². The second kappa shape index (κ2) is 8.12. The van der Waals surface area contributed by atoms with E-state index in [2.05, 4.69) is 0 Å². The van der Waals surface area contributed by atoms with Crippen molar-refractivity contribution >= 4 is 11.9 Å². The highest BCUT2D eigenvalue weighted by Gasteiger charge is 2.37. The van der Waals surface area contributed by atoms with Crippen molar-refractivity contribution in [2.45, 2.75) is 43.9 Å². The van der Waals surface area contributed by atoms with Crippen molar-refractivity contribution in [2.24, 2.45) is 5.73 Å². The first-order chi connectivity index (χ1) is 11.4. The van der Waals surface area contributed by atoms with Crippen LogP contribution in [0.1, 0.15) is 36.0 Å². The van der Waals surface area contributed by atoms with Gasteiger partial charge in [-0.3, -0.25) is 4.79 Å². The van der Waals surface area contributed by atoms with Gasteiger partial charge in [0.2, 0.25) is 5.91 Å². The molecule has 4 N–H and O–H groups in total. The average Bonchev–Trinajstić information content (AvgIpc) is 2.57. The molecule has 1 saturated carbocycles. The van der Waals surface area contributed by atoms with Crippen LogP contribution in [0.25, 0.3) is 0 Å². The van der Waals surface area contributed by atoms with Gasteiger partial charge in [-0.25, -0.2) is 4.79 Å². The molecule has 2 rings (SSSR count). The number of rotatable bonds is 6. The average molecular weight is 336 g/mol. The van der Waals surface area contributed by atoms with Crippen LogP contribution in [0, 0.1) is 0 Å². The second-order valence-corrected chi connectivity index (χ2v) is 6.02. The number of aliphatic hydroxyl groups excluding tert-OH is 1. The molecule has 0 heterocycles. The van der Waals surface area contributed by atoms with E-state index < -0.39 is 18.2 Å². The Balaban J connectivity index is 2.02. The minimum Gasteiger partial charge on any atom is -0.488 e. The lowest BCUT2D eigenvalue weighted by Crippen LogP contribution is -2.53. The fourth-order valence-corrected chi connectivity index (χ4v) is 3.00. The van der Waals surface area contributed by atoms with Gasteiger partial charge in [-0.05, 0) is 43.5 Å². The summed E-state index contributed by atoms with van der Waals surface area (Å²) in [7, 11) is 1.68. The number of hydrogen-bond acceptors (Lipinski definition) is 5. The highest BCUT2D eigenvalue weighted by Crippen LogP contribution is 2.27. The number of carboxylic acid groups (broad SMARTS) is 1. The van der Waals surface area contributed by atoms with Gasteiger partial charge in [0.05, 0.1) is 11.6 Å². The summed E-state index contributed by atoms with van der Waals surface area (Å²) in [5.41, 5.74) is 5.60. The first-order valence-corrected chi connectivity index (χ1v) is 8.08. The molecule has 0 saturated heterocycles. The molecule has 1 aromatic carbocycles. The molecule has 0 aromatic heterocycles. The first-order valence-electron chi connectivity index (χ1n) is 8.08. The zero-order chi connectivity index (χ0) is 17.7. The highest BCUT2D eigenvalue weighted by atomic mass is 16.5. The van der Waals surface area contributed by atoms with Gasteiger partial charge in [-0.15, -0.1) is 0 Å². The van der Waals surface area contributed by atoms with Crippen LogP contribution in [0.2, 0.25) is 0 Å². The molecule has 7 nitrogen and oxygen atoms in total. The summed E-state index contributed by atoms with van der Waals surface area (Å²) >= 11 is 0. The lowest BCUT2D eigenvalue weighted by Gasteiger charge is -2.39. The van der Waals surface area contributed by atoms with Crippen molar-refractivity contribution in [3.05, 3.63) is 29.8 Å². The Hall–Kier alpha value is -2.12. The predicted octanol–water partition coefficient (Wildman–Crippen LogP) is 0.853. The van der Waals surface area contributed by atoms with Crippen molar-refractivity contribution in [3.8, 4) is 5.75 Å². The molecule has 132 valence electrons. The fourth-order valence-electron chi connectivity index (χ4n) is 3.00. The molecule has 0 aliphatic heterocycles. The summed E-state index contributed by atoms with van der Waals surface area (Å²) in [6.45, 7) is 0.280. The smallest absolute Gasteiger partial charge is 0.335 e. The lowest BCUT2D eigenvalue weighted by atomic mass is 9.88. The van der Waals surface area contributed by atoms with E-state index in [0.29, 0.717) is 18.6 Å². The number of nitrogens with zero attached hydrogens (tertiary/aromatic N) is 1. The summed E-state index contributed by atoms with van der Waals surface area (Å²) in [4.78, 5) is 24.4. The molecule has 24 heavy (non-hydrogen) atoms. The van der Waals surface area contributed by atoms with Gasteiger partial charge < -0.3 is 25.6 Å². The molecule has 0 radical (unpaired) electrons. The lowest BCUT2D eigenvalue weighted by molar-refractivity contribution is -0.137. The molecular formula is C17H24N2O5. The van der Waals surface area contributed by atoms with E-state index in [-0.39, 0.29) is 30.5 Å². The molecule has 1 aliphatic carbocycles. The SMILES string of the molecule is CN(C(=O)CCN)[C@@H]1CCC[C@H](Oc2ccc(C(=O)O)cc2)[C@H]1O. The van der Waals surface area contributed by atoms with Gasteiger partial charge >= 0.3 is 5.97 Å². The Morgan fingerprint density at radius 3 is 2.54 bits per heavy atom. The van der Waals surface area contributed by atoms with Crippen LogP contribution in [-0.2, 0) is 4.79 Å². The van der Waals surface area contributed by atoms with Crippen LogP contribution in [-0.4, -0.2) is 58.8 Å². The van der Waals surface area contributed by atoms with Crippen molar-refractivity contribution in [1.29, 1.82) is 0 Å². The van der Waals surface area contributed by atoms with E-state index in [1.165, 1.54) is 12.1 Å². The molecule has 1 aliphatic rings. The van der Waals surface area contributed by atoms with Gasteiger partial charge in [-0.2, -0.15) is 0 Å². The largest absolute Gasteiger partial charge is 0.488 e. The number of carbonyl (C=O) groups is 2. The standard InChI is InChI=1S/C17H24N2O5/c1-19(15(20)9-10-18)13-3-2-4-14(16(13)21)24-12-7-5-11(6-8-12)17(22)23/h5-8,13-14,16,21H,2-4,9-10,18H2,1H3,(H,22,23)/t13-,14+,16+/m1/s1. The van der Waals surface area contributed by atoms with E-state index >= 15 is 0 Å².